The second-order valence-corrected chi connectivity index (χ2v) is 6.79. The summed E-state index contributed by atoms with van der Waals surface area (Å²) in [6.45, 7) is 4.49. The second kappa shape index (κ2) is 5.93. The van der Waals surface area contributed by atoms with Gasteiger partial charge in [0.05, 0.1) is 5.52 Å². The summed E-state index contributed by atoms with van der Waals surface area (Å²) >= 11 is 5.30. The molecule has 1 heterocycles. The highest BCUT2D eigenvalue weighted by molar-refractivity contribution is 9.10. The van der Waals surface area contributed by atoms with E-state index in [0.717, 1.165) is 32.7 Å². The highest BCUT2D eigenvalue weighted by Crippen LogP contribution is 2.32. The van der Waals surface area contributed by atoms with Gasteiger partial charge in [-0.15, -0.1) is 11.8 Å². The molecule has 96 valence electrons. The summed E-state index contributed by atoms with van der Waals surface area (Å²) in [6.07, 6.45) is 3.04. The average Bonchev–Trinajstić information content (AvgIpc) is 2.32. The fourth-order valence-corrected chi connectivity index (χ4v) is 3.32. The molecule has 2 nitrogen and oxygen atoms in total. The maximum Gasteiger partial charge on any atom is 0.0859 e. The van der Waals surface area contributed by atoms with Gasteiger partial charge in [0.1, 0.15) is 0 Å². The lowest BCUT2D eigenvalue weighted by Gasteiger charge is -2.09. The van der Waals surface area contributed by atoms with Crippen LogP contribution in [0.1, 0.15) is 20.3 Å². The Morgan fingerprint density at radius 2 is 2.17 bits per heavy atom. The minimum atomic E-state index is 0.736. The molecule has 0 saturated carbocycles. The van der Waals surface area contributed by atoms with Crippen molar-refractivity contribution in [1.82, 2.24) is 4.98 Å². The number of rotatable bonds is 4. The summed E-state index contributed by atoms with van der Waals surface area (Å²) in [7, 11) is 0. The highest BCUT2D eigenvalue weighted by atomic mass is 79.9. The maximum absolute atomic E-state index is 6.00. The Bertz CT molecular complexity index is 555. The Hall–Kier alpha value is -0.740. The van der Waals surface area contributed by atoms with Gasteiger partial charge < -0.3 is 5.73 Å². The maximum atomic E-state index is 6.00. The zero-order valence-electron chi connectivity index (χ0n) is 10.6. The van der Waals surface area contributed by atoms with E-state index in [-0.39, 0.29) is 0 Å². The molecule has 0 bridgehead atoms. The second-order valence-electron chi connectivity index (χ2n) is 4.73. The number of thioether (sulfide) groups is 1. The van der Waals surface area contributed by atoms with Crippen LogP contribution in [-0.2, 0) is 0 Å². The predicted molar refractivity (Wildman–Crippen MR) is 84.0 cm³/mol. The summed E-state index contributed by atoms with van der Waals surface area (Å²) in [6, 6.07) is 6.07. The van der Waals surface area contributed by atoms with Gasteiger partial charge in [-0.2, -0.15) is 0 Å². The van der Waals surface area contributed by atoms with Crippen molar-refractivity contribution in [1.29, 1.82) is 0 Å². The van der Waals surface area contributed by atoms with Crippen molar-refractivity contribution < 1.29 is 0 Å². The molecular weight excluding hydrogens is 308 g/mol. The Balaban J connectivity index is 2.31. The monoisotopic (exact) mass is 324 g/mol. The van der Waals surface area contributed by atoms with Crippen LogP contribution in [0.4, 0.5) is 5.69 Å². The van der Waals surface area contributed by atoms with Gasteiger partial charge in [0.25, 0.3) is 0 Å². The minimum Gasteiger partial charge on any atom is -0.398 e. The molecule has 0 fully saturated rings. The fraction of sp³-hybridized carbons (Fsp3) is 0.357. The zero-order chi connectivity index (χ0) is 13.1. The number of nitrogens with two attached hydrogens (primary N) is 1. The van der Waals surface area contributed by atoms with Gasteiger partial charge in [-0.25, -0.2) is 0 Å². The van der Waals surface area contributed by atoms with Crippen LogP contribution in [0, 0.1) is 5.92 Å². The number of pyridine rings is 1. The van der Waals surface area contributed by atoms with Crippen LogP contribution in [0.15, 0.2) is 33.8 Å². The van der Waals surface area contributed by atoms with Gasteiger partial charge in [0, 0.05) is 26.6 Å². The van der Waals surface area contributed by atoms with E-state index in [4.69, 9.17) is 5.73 Å². The molecule has 2 aromatic rings. The summed E-state index contributed by atoms with van der Waals surface area (Å²) in [4.78, 5) is 5.71. The molecule has 0 aliphatic rings. The molecule has 0 unspecified atom stereocenters. The van der Waals surface area contributed by atoms with Crippen LogP contribution >= 0.6 is 27.7 Å². The number of benzene rings is 1. The molecule has 0 aliphatic carbocycles. The van der Waals surface area contributed by atoms with Gasteiger partial charge in [0.2, 0.25) is 0 Å². The standard InChI is InChI=1S/C14H17BrN2S/c1-9(2)5-6-18-13-4-3-12(16)11-7-10(15)8-17-14(11)13/h3-4,7-9H,5-6,16H2,1-2H3. The first kappa shape index (κ1) is 13.7. The van der Waals surface area contributed by atoms with E-state index in [0.29, 0.717) is 0 Å². The van der Waals surface area contributed by atoms with Crippen molar-refractivity contribution in [3.8, 4) is 0 Å². The molecule has 0 spiro atoms. The molecule has 2 N–H and O–H groups in total. The number of hydrogen-bond acceptors (Lipinski definition) is 3. The molecule has 0 aliphatic heterocycles. The number of fused-ring (bicyclic) bond motifs is 1. The van der Waals surface area contributed by atoms with Crippen molar-refractivity contribution in [3.05, 3.63) is 28.9 Å². The Kier molecular flexibility index (Phi) is 4.51. The summed E-state index contributed by atoms with van der Waals surface area (Å²) in [5, 5.41) is 1.03. The van der Waals surface area contributed by atoms with Crippen LogP contribution in [0.2, 0.25) is 0 Å². The third-order valence-electron chi connectivity index (χ3n) is 2.77. The van der Waals surface area contributed by atoms with Crippen molar-refractivity contribution >= 4 is 44.3 Å². The van der Waals surface area contributed by atoms with Crippen LogP contribution in [0.5, 0.6) is 0 Å². The Morgan fingerprint density at radius 1 is 1.39 bits per heavy atom. The molecule has 0 amide bonds. The van der Waals surface area contributed by atoms with Crippen molar-refractivity contribution in [2.24, 2.45) is 5.92 Å². The molecule has 1 aromatic heterocycles. The van der Waals surface area contributed by atoms with Gasteiger partial charge in [-0.05, 0) is 52.2 Å². The van der Waals surface area contributed by atoms with E-state index in [9.17, 15) is 0 Å². The lowest BCUT2D eigenvalue weighted by atomic mass is 10.2. The lowest BCUT2D eigenvalue weighted by Crippen LogP contribution is -1.93. The quantitative estimate of drug-likeness (QED) is 0.653. The Morgan fingerprint density at radius 3 is 2.89 bits per heavy atom. The van der Waals surface area contributed by atoms with Gasteiger partial charge in [-0.1, -0.05) is 13.8 Å². The fourth-order valence-electron chi connectivity index (χ4n) is 1.71. The number of nitrogens with zero attached hydrogens (tertiary/aromatic N) is 1. The third-order valence-corrected chi connectivity index (χ3v) is 4.28. The van der Waals surface area contributed by atoms with Crippen LogP contribution in [-0.4, -0.2) is 10.7 Å². The first-order chi connectivity index (χ1) is 8.58. The molecule has 4 heteroatoms. The summed E-state index contributed by atoms with van der Waals surface area (Å²) in [5.41, 5.74) is 7.79. The van der Waals surface area contributed by atoms with Crippen LogP contribution in [0.25, 0.3) is 10.9 Å². The van der Waals surface area contributed by atoms with Crippen LogP contribution in [0.3, 0.4) is 0 Å². The summed E-state index contributed by atoms with van der Waals surface area (Å²) < 4.78 is 0.964. The van der Waals surface area contributed by atoms with E-state index in [1.165, 1.54) is 11.3 Å². The Labute approximate surface area is 120 Å². The minimum absolute atomic E-state index is 0.736. The van der Waals surface area contributed by atoms with Gasteiger partial charge >= 0.3 is 0 Å². The first-order valence-electron chi connectivity index (χ1n) is 6.04. The molecule has 18 heavy (non-hydrogen) atoms. The third kappa shape index (κ3) is 3.18. The molecule has 0 radical (unpaired) electrons. The van der Waals surface area contributed by atoms with E-state index < -0.39 is 0 Å². The van der Waals surface area contributed by atoms with E-state index >= 15 is 0 Å². The van der Waals surface area contributed by atoms with Crippen LogP contribution < -0.4 is 5.73 Å². The molecule has 1 aromatic carbocycles. The molecule has 0 saturated heterocycles. The van der Waals surface area contributed by atoms with Gasteiger partial charge in [0.15, 0.2) is 0 Å². The average molecular weight is 325 g/mol. The highest BCUT2D eigenvalue weighted by Gasteiger charge is 2.07. The molecule has 0 atom stereocenters. The first-order valence-corrected chi connectivity index (χ1v) is 7.82. The SMILES string of the molecule is CC(C)CCSc1ccc(N)c2cc(Br)cnc12. The smallest absolute Gasteiger partial charge is 0.0859 e. The van der Waals surface area contributed by atoms with E-state index in [1.54, 1.807) is 0 Å². The lowest BCUT2D eigenvalue weighted by molar-refractivity contribution is 0.632. The van der Waals surface area contributed by atoms with Gasteiger partial charge in [-0.3, -0.25) is 4.98 Å². The number of nitrogen functional groups attached to an aromatic ring is 1. The topological polar surface area (TPSA) is 38.9 Å². The largest absolute Gasteiger partial charge is 0.398 e. The zero-order valence-corrected chi connectivity index (χ0v) is 13.0. The van der Waals surface area contributed by atoms with E-state index in [2.05, 4.69) is 40.8 Å². The summed E-state index contributed by atoms with van der Waals surface area (Å²) in [5.74, 6) is 1.86. The molecule has 2 rings (SSSR count). The number of anilines is 1. The van der Waals surface area contributed by atoms with E-state index in [1.807, 2.05) is 30.1 Å². The van der Waals surface area contributed by atoms with Crippen molar-refractivity contribution in [2.75, 3.05) is 11.5 Å². The van der Waals surface area contributed by atoms with Crippen molar-refractivity contribution in [3.63, 3.8) is 0 Å². The number of halogens is 1. The normalized spacial score (nSPS) is 11.3. The molecular formula is C14H17BrN2S. The van der Waals surface area contributed by atoms with Crippen molar-refractivity contribution in [2.45, 2.75) is 25.2 Å². The number of hydrogen-bond donors (Lipinski definition) is 1. The predicted octanol–water partition coefficient (Wildman–Crippen LogP) is 4.72. The number of aromatic nitrogens is 1.